The molecule has 0 fully saturated rings. The predicted molar refractivity (Wildman–Crippen MR) is 110 cm³/mol. The van der Waals surface area contributed by atoms with Crippen LogP contribution in [-0.4, -0.2) is 49.8 Å². The summed E-state index contributed by atoms with van der Waals surface area (Å²) in [6.45, 7) is 0.594. The average Bonchev–Trinajstić information content (AvgIpc) is 3.37. The summed E-state index contributed by atoms with van der Waals surface area (Å²) in [5.74, 6) is 1.32. The quantitative estimate of drug-likeness (QED) is 0.680. The SMILES string of the molecule is COC(=O)n1ncc2c(NC(=O)NN3CCc4c3ccc(OC)c4OC)cccc21. The summed E-state index contributed by atoms with van der Waals surface area (Å²) in [5.41, 5.74) is 5.71. The summed E-state index contributed by atoms with van der Waals surface area (Å²) in [6.07, 6.45) is 1.60. The second-order valence-corrected chi connectivity index (χ2v) is 6.53. The molecule has 2 N–H and O–H groups in total. The van der Waals surface area contributed by atoms with Crippen molar-refractivity contribution < 1.29 is 23.8 Å². The molecule has 2 heterocycles. The minimum atomic E-state index is -0.607. The molecule has 0 saturated heterocycles. The molecule has 0 saturated carbocycles. The van der Waals surface area contributed by atoms with Gasteiger partial charge in [-0.15, -0.1) is 0 Å². The number of nitrogens with one attached hydrogen (secondary N) is 2. The average molecular weight is 411 g/mol. The number of carbonyl (C=O) groups is 2. The number of amides is 2. The van der Waals surface area contributed by atoms with Gasteiger partial charge in [-0.2, -0.15) is 9.78 Å². The number of methoxy groups -OCH3 is 3. The van der Waals surface area contributed by atoms with E-state index in [2.05, 4.69) is 15.8 Å². The van der Waals surface area contributed by atoms with E-state index in [4.69, 9.17) is 14.2 Å². The Labute approximate surface area is 172 Å². The number of carbonyl (C=O) groups excluding carboxylic acids is 2. The van der Waals surface area contributed by atoms with E-state index in [1.807, 2.05) is 6.07 Å². The second-order valence-electron chi connectivity index (χ2n) is 6.53. The van der Waals surface area contributed by atoms with Crippen molar-refractivity contribution in [3.05, 3.63) is 42.1 Å². The van der Waals surface area contributed by atoms with Crippen LogP contribution in [0.3, 0.4) is 0 Å². The van der Waals surface area contributed by atoms with Crippen LogP contribution in [0.2, 0.25) is 0 Å². The third-order valence-corrected chi connectivity index (χ3v) is 4.95. The Morgan fingerprint density at radius 2 is 1.93 bits per heavy atom. The van der Waals surface area contributed by atoms with Crippen molar-refractivity contribution in [2.24, 2.45) is 0 Å². The van der Waals surface area contributed by atoms with Gasteiger partial charge in [0.2, 0.25) is 0 Å². The largest absolute Gasteiger partial charge is 0.493 e. The molecule has 0 atom stereocenters. The number of nitrogens with zero attached hydrogens (tertiary/aromatic N) is 3. The summed E-state index contributed by atoms with van der Waals surface area (Å²) in [4.78, 5) is 24.5. The Bertz CT molecular complexity index is 1130. The van der Waals surface area contributed by atoms with Gasteiger partial charge in [-0.1, -0.05) is 6.07 Å². The maximum Gasteiger partial charge on any atom is 0.434 e. The maximum atomic E-state index is 12.7. The summed E-state index contributed by atoms with van der Waals surface area (Å²) in [7, 11) is 4.46. The number of anilines is 2. The predicted octanol–water partition coefficient (Wildman–Crippen LogP) is 2.77. The van der Waals surface area contributed by atoms with E-state index in [9.17, 15) is 9.59 Å². The molecule has 2 amide bonds. The Balaban J connectivity index is 1.54. The molecule has 30 heavy (non-hydrogen) atoms. The lowest BCUT2D eigenvalue weighted by Crippen LogP contribution is -2.43. The number of benzene rings is 2. The normalized spacial score (nSPS) is 12.4. The van der Waals surface area contributed by atoms with E-state index >= 15 is 0 Å². The van der Waals surface area contributed by atoms with Gasteiger partial charge in [0.05, 0.1) is 44.4 Å². The maximum absolute atomic E-state index is 12.7. The van der Waals surface area contributed by atoms with Crippen LogP contribution in [0.4, 0.5) is 21.0 Å². The molecule has 10 heteroatoms. The van der Waals surface area contributed by atoms with E-state index in [1.54, 1.807) is 43.5 Å². The van der Waals surface area contributed by atoms with E-state index in [0.717, 1.165) is 15.9 Å². The Morgan fingerprint density at radius 1 is 1.10 bits per heavy atom. The van der Waals surface area contributed by atoms with Gasteiger partial charge in [0, 0.05) is 17.5 Å². The fourth-order valence-electron chi connectivity index (χ4n) is 3.60. The highest BCUT2D eigenvalue weighted by atomic mass is 16.5. The van der Waals surface area contributed by atoms with Crippen LogP contribution in [0.25, 0.3) is 10.9 Å². The van der Waals surface area contributed by atoms with E-state index in [-0.39, 0.29) is 0 Å². The second kappa shape index (κ2) is 7.82. The molecule has 0 unspecified atom stereocenters. The molecule has 4 rings (SSSR count). The first-order valence-electron chi connectivity index (χ1n) is 9.21. The highest BCUT2D eigenvalue weighted by molar-refractivity contribution is 6.02. The fraction of sp³-hybridized carbons (Fsp3) is 0.250. The van der Waals surface area contributed by atoms with Gasteiger partial charge in [-0.05, 0) is 30.7 Å². The number of urea groups is 1. The number of ether oxygens (including phenoxy) is 3. The van der Waals surface area contributed by atoms with Crippen LogP contribution >= 0.6 is 0 Å². The zero-order valence-corrected chi connectivity index (χ0v) is 16.8. The molecule has 10 nitrogen and oxygen atoms in total. The van der Waals surface area contributed by atoms with Crippen molar-refractivity contribution in [1.82, 2.24) is 15.2 Å². The zero-order valence-electron chi connectivity index (χ0n) is 16.8. The molecule has 1 aliphatic heterocycles. The van der Waals surface area contributed by atoms with Crippen LogP contribution in [0.1, 0.15) is 5.56 Å². The standard InChI is InChI=1S/C20H21N5O5/c1-28-17-8-7-15-12(18(17)29-2)9-10-24(15)23-19(26)22-14-5-4-6-16-13(14)11-21-25(16)20(27)30-3/h4-8,11H,9-10H2,1-3H3,(H2,22,23,26). The lowest BCUT2D eigenvalue weighted by Gasteiger charge is -2.21. The van der Waals surface area contributed by atoms with Crippen molar-refractivity contribution >= 4 is 34.4 Å². The first kappa shape index (κ1) is 19.4. The monoisotopic (exact) mass is 411 g/mol. The number of hydrazine groups is 1. The molecule has 0 aliphatic carbocycles. The number of hydrogen-bond donors (Lipinski definition) is 2. The summed E-state index contributed by atoms with van der Waals surface area (Å²) in [5, 5.41) is 9.22. The van der Waals surface area contributed by atoms with Gasteiger partial charge in [-0.3, -0.25) is 5.01 Å². The molecule has 3 aromatic rings. The van der Waals surface area contributed by atoms with Crippen LogP contribution in [0.5, 0.6) is 11.5 Å². The Kier molecular flexibility index (Phi) is 5.05. The van der Waals surface area contributed by atoms with Gasteiger partial charge in [-0.25, -0.2) is 15.0 Å². The van der Waals surface area contributed by atoms with Crippen LogP contribution in [0.15, 0.2) is 36.5 Å². The smallest absolute Gasteiger partial charge is 0.434 e. The van der Waals surface area contributed by atoms with Gasteiger partial charge >= 0.3 is 12.1 Å². The molecular weight excluding hydrogens is 390 g/mol. The number of rotatable bonds is 4. The molecule has 156 valence electrons. The number of hydrogen-bond acceptors (Lipinski definition) is 7. The van der Waals surface area contributed by atoms with Gasteiger partial charge in [0.1, 0.15) is 0 Å². The minimum absolute atomic E-state index is 0.420. The third-order valence-electron chi connectivity index (χ3n) is 4.95. The number of fused-ring (bicyclic) bond motifs is 2. The first-order chi connectivity index (χ1) is 14.6. The van der Waals surface area contributed by atoms with Gasteiger partial charge in [0.25, 0.3) is 0 Å². The Morgan fingerprint density at radius 3 is 2.67 bits per heavy atom. The van der Waals surface area contributed by atoms with Crippen LogP contribution in [0, 0.1) is 0 Å². The van der Waals surface area contributed by atoms with Crippen molar-refractivity contribution in [2.75, 3.05) is 38.2 Å². The zero-order chi connectivity index (χ0) is 21.3. The van der Waals surface area contributed by atoms with E-state index in [1.165, 1.54) is 13.3 Å². The molecule has 1 aromatic heterocycles. The first-order valence-corrected chi connectivity index (χ1v) is 9.21. The Hall–Kier alpha value is -3.95. The van der Waals surface area contributed by atoms with E-state index in [0.29, 0.717) is 41.1 Å². The summed E-state index contributed by atoms with van der Waals surface area (Å²) in [6, 6.07) is 8.44. The topological polar surface area (TPSA) is 107 Å². The van der Waals surface area contributed by atoms with E-state index < -0.39 is 12.1 Å². The molecule has 0 bridgehead atoms. The molecular formula is C20H21N5O5. The van der Waals surface area contributed by atoms with Crippen molar-refractivity contribution in [1.29, 1.82) is 0 Å². The number of aromatic nitrogens is 2. The molecule has 2 aromatic carbocycles. The lowest BCUT2D eigenvalue weighted by molar-refractivity contribution is 0.170. The van der Waals surface area contributed by atoms with Crippen LogP contribution in [-0.2, 0) is 11.2 Å². The third kappa shape index (κ3) is 3.21. The molecule has 1 aliphatic rings. The fourth-order valence-corrected chi connectivity index (χ4v) is 3.60. The van der Waals surface area contributed by atoms with Crippen LogP contribution < -0.4 is 25.2 Å². The van der Waals surface area contributed by atoms with Crippen molar-refractivity contribution in [3.8, 4) is 11.5 Å². The highest BCUT2D eigenvalue weighted by Crippen LogP contribution is 2.40. The minimum Gasteiger partial charge on any atom is -0.493 e. The lowest BCUT2D eigenvalue weighted by atomic mass is 10.1. The van der Waals surface area contributed by atoms with Crippen molar-refractivity contribution in [2.45, 2.75) is 6.42 Å². The van der Waals surface area contributed by atoms with Gasteiger partial charge in [0.15, 0.2) is 11.5 Å². The molecule has 0 spiro atoms. The van der Waals surface area contributed by atoms with Crippen molar-refractivity contribution in [3.63, 3.8) is 0 Å². The van der Waals surface area contributed by atoms with Gasteiger partial charge < -0.3 is 19.5 Å². The summed E-state index contributed by atoms with van der Waals surface area (Å²) >= 11 is 0. The summed E-state index contributed by atoms with van der Waals surface area (Å²) < 4.78 is 16.7. The molecule has 0 radical (unpaired) electrons. The highest BCUT2D eigenvalue weighted by Gasteiger charge is 2.26.